The van der Waals surface area contributed by atoms with Gasteiger partial charge in [-0.2, -0.15) is 5.10 Å². The standard InChI is InChI=1S/C13H13BrClN3O/c1-17(7-9-6-16-18(2)8-9)13(19)11-5-10(15)3-4-12(11)14/h3-6,8H,7H2,1-2H3. The predicted octanol–water partition coefficient (Wildman–Crippen LogP) is 3.11. The van der Waals surface area contributed by atoms with Crippen molar-refractivity contribution in [2.24, 2.45) is 7.05 Å². The molecule has 0 radical (unpaired) electrons. The lowest BCUT2D eigenvalue weighted by Gasteiger charge is -2.17. The molecule has 0 saturated carbocycles. The number of amides is 1. The van der Waals surface area contributed by atoms with Gasteiger partial charge in [0.15, 0.2) is 0 Å². The minimum absolute atomic E-state index is 0.0850. The van der Waals surface area contributed by atoms with Gasteiger partial charge in [-0.25, -0.2) is 0 Å². The van der Waals surface area contributed by atoms with Gasteiger partial charge >= 0.3 is 0 Å². The third kappa shape index (κ3) is 3.36. The molecule has 0 bridgehead atoms. The number of carbonyl (C=O) groups excluding carboxylic acids is 1. The highest BCUT2D eigenvalue weighted by Crippen LogP contribution is 2.22. The molecule has 0 fully saturated rings. The molecule has 0 aliphatic heterocycles. The molecular weight excluding hydrogens is 330 g/mol. The van der Waals surface area contributed by atoms with Gasteiger partial charge in [0.05, 0.1) is 11.8 Å². The summed E-state index contributed by atoms with van der Waals surface area (Å²) >= 11 is 9.29. The zero-order valence-corrected chi connectivity index (χ0v) is 12.9. The first-order valence-electron chi connectivity index (χ1n) is 5.65. The van der Waals surface area contributed by atoms with Crippen LogP contribution in [-0.4, -0.2) is 27.6 Å². The fraction of sp³-hybridized carbons (Fsp3) is 0.231. The van der Waals surface area contributed by atoms with E-state index in [-0.39, 0.29) is 5.91 Å². The Morgan fingerprint density at radius 2 is 2.26 bits per heavy atom. The van der Waals surface area contributed by atoms with Gasteiger partial charge in [0.1, 0.15) is 0 Å². The van der Waals surface area contributed by atoms with Gasteiger partial charge in [-0.3, -0.25) is 9.48 Å². The smallest absolute Gasteiger partial charge is 0.255 e. The lowest BCUT2D eigenvalue weighted by atomic mass is 10.2. The summed E-state index contributed by atoms with van der Waals surface area (Å²) in [7, 11) is 3.60. The molecule has 0 N–H and O–H groups in total. The van der Waals surface area contributed by atoms with E-state index in [0.717, 1.165) is 10.0 Å². The van der Waals surface area contributed by atoms with Crippen LogP contribution in [0.2, 0.25) is 5.02 Å². The summed E-state index contributed by atoms with van der Waals surface area (Å²) in [4.78, 5) is 14.0. The van der Waals surface area contributed by atoms with E-state index in [4.69, 9.17) is 11.6 Å². The van der Waals surface area contributed by atoms with Gasteiger partial charge in [0, 0.05) is 41.9 Å². The van der Waals surface area contributed by atoms with Crippen LogP contribution in [0, 0.1) is 0 Å². The molecule has 19 heavy (non-hydrogen) atoms. The van der Waals surface area contributed by atoms with Crippen LogP contribution in [0.1, 0.15) is 15.9 Å². The number of rotatable bonds is 3. The van der Waals surface area contributed by atoms with Crippen molar-refractivity contribution in [3.8, 4) is 0 Å². The second-order valence-electron chi connectivity index (χ2n) is 4.31. The molecule has 2 rings (SSSR count). The van der Waals surface area contributed by atoms with Gasteiger partial charge in [0.2, 0.25) is 0 Å². The Kier molecular flexibility index (Phi) is 4.27. The largest absolute Gasteiger partial charge is 0.337 e. The van der Waals surface area contributed by atoms with Crippen LogP contribution in [0.25, 0.3) is 0 Å². The molecule has 1 heterocycles. The highest BCUT2D eigenvalue weighted by molar-refractivity contribution is 9.10. The lowest BCUT2D eigenvalue weighted by Crippen LogP contribution is -2.26. The van der Waals surface area contributed by atoms with Crippen molar-refractivity contribution in [2.75, 3.05) is 7.05 Å². The van der Waals surface area contributed by atoms with E-state index >= 15 is 0 Å². The van der Waals surface area contributed by atoms with E-state index in [1.807, 2.05) is 13.2 Å². The third-order valence-corrected chi connectivity index (χ3v) is 3.61. The van der Waals surface area contributed by atoms with E-state index in [2.05, 4.69) is 21.0 Å². The van der Waals surface area contributed by atoms with Gasteiger partial charge in [-0.15, -0.1) is 0 Å². The molecule has 4 nitrogen and oxygen atoms in total. The van der Waals surface area contributed by atoms with Crippen LogP contribution < -0.4 is 0 Å². The molecule has 0 atom stereocenters. The number of benzene rings is 1. The molecule has 0 aliphatic rings. The first-order valence-corrected chi connectivity index (χ1v) is 6.82. The third-order valence-electron chi connectivity index (χ3n) is 2.68. The average molecular weight is 343 g/mol. The lowest BCUT2D eigenvalue weighted by molar-refractivity contribution is 0.0784. The summed E-state index contributed by atoms with van der Waals surface area (Å²) in [5.74, 6) is -0.0850. The number of hydrogen-bond donors (Lipinski definition) is 0. The van der Waals surface area contributed by atoms with E-state index in [1.54, 1.807) is 41.0 Å². The van der Waals surface area contributed by atoms with E-state index in [9.17, 15) is 4.79 Å². The topological polar surface area (TPSA) is 38.1 Å². The summed E-state index contributed by atoms with van der Waals surface area (Å²) in [6.45, 7) is 0.506. The van der Waals surface area contributed by atoms with Gasteiger partial charge in [0.25, 0.3) is 5.91 Å². The molecule has 0 spiro atoms. The summed E-state index contributed by atoms with van der Waals surface area (Å²) in [6, 6.07) is 5.17. The normalized spacial score (nSPS) is 10.5. The zero-order valence-electron chi connectivity index (χ0n) is 10.6. The van der Waals surface area contributed by atoms with Crippen molar-refractivity contribution in [3.63, 3.8) is 0 Å². The van der Waals surface area contributed by atoms with Crippen molar-refractivity contribution in [3.05, 3.63) is 51.2 Å². The Hall–Kier alpha value is -1.33. The molecule has 100 valence electrons. The Morgan fingerprint density at radius 3 is 2.89 bits per heavy atom. The second kappa shape index (κ2) is 5.75. The van der Waals surface area contributed by atoms with E-state index < -0.39 is 0 Å². The fourth-order valence-corrected chi connectivity index (χ4v) is 2.35. The zero-order chi connectivity index (χ0) is 14.0. The summed E-state index contributed by atoms with van der Waals surface area (Å²) in [6.07, 6.45) is 3.63. The van der Waals surface area contributed by atoms with Crippen LogP contribution in [0.15, 0.2) is 35.1 Å². The minimum atomic E-state index is -0.0850. The van der Waals surface area contributed by atoms with Crippen molar-refractivity contribution >= 4 is 33.4 Å². The maximum atomic E-state index is 12.3. The Balaban J connectivity index is 2.16. The average Bonchev–Trinajstić information content (AvgIpc) is 2.77. The molecule has 0 saturated heterocycles. The molecular formula is C13H13BrClN3O. The monoisotopic (exact) mass is 341 g/mol. The van der Waals surface area contributed by atoms with Crippen molar-refractivity contribution in [1.29, 1.82) is 0 Å². The highest BCUT2D eigenvalue weighted by atomic mass is 79.9. The number of hydrogen-bond acceptors (Lipinski definition) is 2. The van der Waals surface area contributed by atoms with Crippen LogP contribution in [0.5, 0.6) is 0 Å². The predicted molar refractivity (Wildman–Crippen MR) is 78.2 cm³/mol. The fourth-order valence-electron chi connectivity index (χ4n) is 1.77. The van der Waals surface area contributed by atoms with Crippen molar-refractivity contribution < 1.29 is 4.79 Å². The van der Waals surface area contributed by atoms with Crippen LogP contribution >= 0.6 is 27.5 Å². The summed E-state index contributed by atoms with van der Waals surface area (Å²) in [5.41, 5.74) is 1.54. The van der Waals surface area contributed by atoms with Gasteiger partial charge < -0.3 is 4.90 Å². The first kappa shape index (κ1) is 14.1. The van der Waals surface area contributed by atoms with Crippen molar-refractivity contribution in [2.45, 2.75) is 6.54 Å². The van der Waals surface area contributed by atoms with Gasteiger partial charge in [-0.05, 0) is 34.1 Å². The molecule has 1 aromatic carbocycles. The van der Waals surface area contributed by atoms with Gasteiger partial charge in [-0.1, -0.05) is 11.6 Å². The number of aromatic nitrogens is 2. The Bertz CT molecular complexity index is 612. The summed E-state index contributed by atoms with van der Waals surface area (Å²) < 4.78 is 2.45. The van der Waals surface area contributed by atoms with Crippen LogP contribution in [-0.2, 0) is 13.6 Å². The molecule has 6 heteroatoms. The maximum Gasteiger partial charge on any atom is 0.255 e. The quantitative estimate of drug-likeness (QED) is 0.859. The number of carbonyl (C=O) groups is 1. The van der Waals surface area contributed by atoms with Crippen molar-refractivity contribution in [1.82, 2.24) is 14.7 Å². The van der Waals surface area contributed by atoms with Crippen LogP contribution in [0.4, 0.5) is 0 Å². The van der Waals surface area contributed by atoms with E-state index in [0.29, 0.717) is 17.1 Å². The maximum absolute atomic E-state index is 12.3. The number of halogens is 2. The molecule has 1 amide bonds. The molecule has 0 aliphatic carbocycles. The summed E-state index contributed by atoms with van der Waals surface area (Å²) in [5, 5.41) is 4.62. The molecule has 0 unspecified atom stereocenters. The first-order chi connectivity index (χ1) is 8.97. The highest BCUT2D eigenvalue weighted by Gasteiger charge is 2.16. The Morgan fingerprint density at radius 1 is 1.53 bits per heavy atom. The van der Waals surface area contributed by atoms with E-state index in [1.165, 1.54) is 0 Å². The number of aryl methyl sites for hydroxylation is 1. The minimum Gasteiger partial charge on any atom is -0.337 e. The SMILES string of the molecule is CN(Cc1cnn(C)c1)C(=O)c1cc(Cl)ccc1Br. The molecule has 1 aromatic heterocycles. The Labute approximate surface area is 125 Å². The molecule has 2 aromatic rings. The van der Waals surface area contributed by atoms with Crippen LogP contribution in [0.3, 0.4) is 0 Å². The number of nitrogens with zero attached hydrogens (tertiary/aromatic N) is 3. The second-order valence-corrected chi connectivity index (χ2v) is 5.60.